The first kappa shape index (κ1) is 12.8. The third-order valence-electron chi connectivity index (χ3n) is 3.03. The van der Waals surface area contributed by atoms with Crippen molar-refractivity contribution in [2.45, 2.75) is 13.3 Å². The first-order chi connectivity index (χ1) is 8.41. The van der Waals surface area contributed by atoms with Gasteiger partial charge in [-0.25, -0.2) is 4.98 Å². The highest BCUT2D eigenvalue weighted by Gasteiger charge is 2.36. The topological polar surface area (TPSA) is 96.5 Å². The van der Waals surface area contributed by atoms with Crippen LogP contribution in [0.1, 0.15) is 12.0 Å². The normalized spacial score (nSPS) is 19.3. The van der Waals surface area contributed by atoms with Crippen LogP contribution in [-0.2, 0) is 9.59 Å². The van der Waals surface area contributed by atoms with E-state index in [0.717, 1.165) is 10.0 Å². The number of pyridine rings is 1. The number of hydrogen-bond acceptors (Lipinski definition) is 4. The number of carboxylic acids is 1. The summed E-state index contributed by atoms with van der Waals surface area (Å²) in [5, 5.41) is 8.93. The predicted octanol–water partition coefficient (Wildman–Crippen LogP) is 1.17. The van der Waals surface area contributed by atoms with Crippen LogP contribution in [0.15, 0.2) is 10.7 Å². The van der Waals surface area contributed by atoms with E-state index in [1.165, 1.54) is 4.90 Å². The minimum absolute atomic E-state index is 0.00837. The Bertz CT molecular complexity index is 533. The van der Waals surface area contributed by atoms with Crippen molar-refractivity contribution in [1.82, 2.24) is 4.98 Å². The molecule has 96 valence electrons. The van der Waals surface area contributed by atoms with Gasteiger partial charge in [0.1, 0.15) is 0 Å². The Hall–Kier alpha value is -1.63. The fraction of sp³-hybridized carbons (Fsp3) is 0.364. The number of carbonyl (C=O) groups is 2. The highest BCUT2D eigenvalue weighted by atomic mass is 79.9. The number of halogens is 1. The molecule has 1 atom stereocenters. The summed E-state index contributed by atoms with van der Waals surface area (Å²) in [7, 11) is 0. The van der Waals surface area contributed by atoms with Crippen molar-refractivity contribution < 1.29 is 14.7 Å². The molecular formula is C11H12BrN3O3. The zero-order valence-corrected chi connectivity index (χ0v) is 11.3. The zero-order valence-electron chi connectivity index (χ0n) is 9.68. The molecule has 2 heterocycles. The zero-order chi connectivity index (χ0) is 13.4. The predicted molar refractivity (Wildman–Crippen MR) is 69.2 cm³/mol. The SMILES string of the molecule is Cc1c(Br)cnc(N2CC(C(=O)O)CC2=O)c1N. The van der Waals surface area contributed by atoms with Crippen LogP contribution < -0.4 is 10.6 Å². The number of amides is 1. The van der Waals surface area contributed by atoms with Crippen molar-refractivity contribution in [3.63, 3.8) is 0 Å². The summed E-state index contributed by atoms with van der Waals surface area (Å²) < 4.78 is 0.755. The van der Waals surface area contributed by atoms with E-state index in [0.29, 0.717) is 11.5 Å². The van der Waals surface area contributed by atoms with E-state index in [-0.39, 0.29) is 18.9 Å². The second-order valence-corrected chi connectivity index (χ2v) is 5.07. The molecule has 1 aromatic rings. The highest BCUT2D eigenvalue weighted by Crippen LogP contribution is 2.32. The van der Waals surface area contributed by atoms with Gasteiger partial charge in [0.15, 0.2) is 5.82 Å². The molecule has 3 N–H and O–H groups in total. The van der Waals surface area contributed by atoms with E-state index < -0.39 is 11.9 Å². The first-order valence-corrected chi connectivity index (χ1v) is 6.15. The molecule has 0 spiro atoms. The number of anilines is 2. The lowest BCUT2D eigenvalue weighted by Crippen LogP contribution is -2.27. The van der Waals surface area contributed by atoms with Crippen LogP contribution in [0.4, 0.5) is 11.5 Å². The number of rotatable bonds is 2. The average Bonchev–Trinajstić information content (AvgIpc) is 2.69. The summed E-state index contributed by atoms with van der Waals surface area (Å²) in [5.74, 6) is -1.59. The summed E-state index contributed by atoms with van der Waals surface area (Å²) in [5.41, 5.74) is 7.09. The van der Waals surface area contributed by atoms with Crippen molar-refractivity contribution >= 4 is 39.3 Å². The number of aromatic nitrogens is 1. The Kier molecular flexibility index (Phi) is 3.25. The van der Waals surface area contributed by atoms with E-state index in [4.69, 9.17) is 10.8 Å². The van der Waals surface area contributed by atoms with Gasteiger partial charge in [-0.2, -0.15) is 0 Å². The van der Waals surface area contributed by atoms with Crippen LogP contribution in [0.5, 0.6) is 0 Å². The molecule has 1 amide bonds. The minimum Gasteiger partial charge on any atom is -0.481 e. The molecule has 0 aromatic carbocycles. The molecular weight excluding hydrogens is 302 g/mol. The number of carbonyl (C=O) groups excluding carboxylic acids is 1. The molecule has 1 unspecified atom stereocenters. The molecule has 1 aliphatic heterocycles. The maximum atomic E-state index is 11.8. The first-order valence-electron chi connectivity index (χ1n) is 5.35. The molecule has 7 heteroatoms. The Balaban J connectivity index is 2.36. The smallest absolute Gasteiger partial charge is 0.308 e. The van der Waals surface area contributed by atoms with E-state index in [9.17, 15) is 9.59 Å². The second-order valence-electron chi connectivity index (χ2n) is 4.21. The molecule has 18 heavy (non-hydrogen) atoms. The number of nitrogen functional groups attached to an aromatic ring is 1. The average molecular weight is 314 g/mol. The van der Waals surface area contributed by atoms with Crippen molar-refractivity contribution in [2.24, 2.45) is 5.92 Å². The number of carboxylic acid groups (broad SMARTS) is 1. The molecule has 0 aliphatic carbocycles. The Labute approximate surface area is 112 Å². The summed E-state index contributed by atoms with van der Waals surface area (Å²) in [6, 6.07) is 0. The number of nitrogens with zero attached hydrogens (tertiary/aromatic N) is 2. The lowest BCUT2D eigenvalue weighted by atomic mass is 10.1. The Morgan fingerprint density at radius 1 is 1.67 bits per heavy atom. The largest absolute Gasteiger partial charge is 0.481 e. The number of aliphatic carboxylic acids is 1. The van der Waals surface area contributed by atoms with Gasteiger partial charge in [0.05, 0.1) is 11.6 Å². The van der Waals surface area contributed by atoms with Gasteiger partial charge in [0.2, 0.25) is 5.91 Å². The van der Waals surface area contributed by atoms with Gasteiger partial charge in [-0.05, 0) is 28.4 Å². The number of nitrogens with two attached hydrogens (primary N) is 1. The molecule has 6 nitrogen and oxygen atoms in total. The molecule has 0 saturated carbocycles. The fourth-order valence-electron chi connectivity index (χ4n) is 1.87. The van der Waals surface area contributed by atoms with Gasteiger partial charge in [-0.1, -0.05) is 0 Å². The van der Waals surface area contributed by atoms with Gasteiger partial charge in [-0.3, -0.25) is 14.5 Å². The summed E-state index contributed by atoms with van der Waals surface area (Å²) in [6.45, 7) is 1.92. The van der Waals surface area contributed by atoms with Gasteiger partial charge in [0.25, 0.3) is 0 Å². The van der Waals surface area contributed by atoms with Crippen LogP contribution >= 0.6 is 15.9 Å². The van der Waals surface area contributed by atoms with Crippen molar-refractivity contribution in [2.75, 3.05) is 17.2 Å². The maximum Gasteiger partial charge on any atom is 0.308 e. The summed E-state index contributed by atoms with van der Waals surface area (Å²) in [6.07, 6.45) is 1.55. The molecule has 0 radical (unpaired) electrons. The second kappa shape index (κ2) is 4.56. The van der Waals surface area contributed by atoms with Crippen molar-refractivity contribution in [1.29, 1.82) is 0 Å². The lowest BCUT2D eigenvalue weighted by Gasteiger charge is -2.18. The molecule has 1 aromatic heterocycles. The van der Waals surface area contributed by atoms with Crippen molar-refractivity contribution in [3.8, 4) is 0 Å². The van der Waals surface area contributed by atoms with E-state index in [1.54, 1.807) is 13.1 Å². The summed E-state index contributed by atoms with van der Waals surface area (Å²) >= 11 is 3.30. The highest BCUT2D eigenvalue weighted by molar-refractivity contribution is 9.10. The molecule has 2 rings (SSSR count). The van der Waals surface area contributed by atoms with Crippen LogP contribution in [0.2, 0.25) is 0 Å². The standard InChI is InChI=1S/C11H12BrN3O3/c1-5-7(12)3-14-10(9(5)13)15-4-6(11(17)18)2-8(15)16/h3,6H,2,4,13H2,1H3,(H,17,18). The summed E-state index contributed by atoms with van der Waals surface area (Å²) in [4.78, 5) is 28.1. The molecule has 0 bridgehead atoms. The third-order valence-corrected chi connectivity index (χ3v) is 3.83. The van der Waals surface area contributed by atoms with Crippen molar-refractivity contribution in [3.05, 3.63) is 16.2 Å². The Morgan fingerprint density at radius 3 is 2.89 bits per heavy atom. The van der Waals surface area contributed by atoms with E-state index in [1.807, 2.05) is 0 Å². The number of hydrogen-bond donors (Lipinski definition) is 2. The van der Waals surface area contributed by atoms with E-state index >= 15 is 0 Å². The van der Waals surface area contributed by atoms with Gasteiger partial charge in [0, 0.05) is 23.6 Å². The fourth-order valence-corrected chi connectivity index (χ4v) is 2.19. The van der Waals surface area contributed by atoms with Crippen LogP contribution in [0.3, 0.4) is 0 Å². The quantitative estimate of drug-likeness (QED) is 0.854. The maximum absolute atomic E-state index is 11.8. The van der Waals surface area contributed by atoms with Gasteiger partial charge >= 0.3 is 5.97 Å². The minimum atomic E-state index is -0.974. The van der Waals surface area contributed by atoms with E-state index in [2.05, 4.69) is 20.9 Å². The van der Waals surface area contributed by atoms with Gasteiger partial charge in [-0.15, -0.1) is 0 Å². The van der Waals surface area contributed by atoms with Crippen LogP contribution in [0.25, 0.3) is 0 Å². The Morgan fingerprint density at radius 2 is 2.33 bits per heavy atom. The van der Waals surface area contributed by atoms with Crippen LogP contribution in [0, 0.1) is 12.8 Å². The lowest BCUT2D eigenvalue weighted by molar-refractivity contribution is -0.141. The van der Waals surface area contributed by atoms with Gasteiger partial charge < -0.3 is 10.8 Å². The monoisotopic (exact) mass is 313 g/mol. The third kappa shape index (κ3) is 2.05. The molecule has 1 aliphatic rings. The molecule has 1 fully saturated rings. The van der Waals surface area contributed by atoms with Crippen LogP contribution in [-0.4, -0.2) is 28.5 Å². The molecule has 1 saturated heterocycles.